The standard InChI is InChI=1S/C18H25N3O/c1-21-10-7-17(8-11-21)15-3-5-16(6-4-15)18(13-19)14-20-9-2-12-22/h3-7,13-14,22H,2,8-12,19H2,1H3/b18-13+,20-14?. The molecule has 1 aliphatic heterocycles. The van der Waals surface area contributed by atoms with Gasteiger partial charge in [-0.2, -0.15) is 0 Å². The molecule has 2 rings (SSSR count). The lowest BCUT2D eigenvalue weighted by Gasteiger charge is -2.22. The highest BCUT2D eigenvalue weighted by Gasteiger charge is 2.09. The number of likely N-dealkylation sites (N-methyl/N-ethyl adjacent to an activating group) is 1. The second-order valence-electron chi connectivity index (χ2n) is 5.55. The predicted molar refractivity (Wildman–Crippen MR) is 93.8 cm³/mol. The largest absolute Gasteiger partial charge is 0.404 e. The van der Waals surface area contributed by atoms with Crippen molar-refractivity contribution < 1.29 is 5.11 Å². The molecule has 1 aromatic rings. The number of hydrogen-bond acceptors (Lipinski definition) is 4. The molecule has 0 spiro atoms. The first-order chi connectivity index (χ1) is 10.7. The Morgan fingerprint density at radius 2 is 2.14 bits per heavy atom. The molecule has 0 aliphatic carbocycles. The molecular formula is C18H25N3O. The van der Waals surface area contributed by atoms with E-state index in [2.05, 4.69) is 47.3 Å². The molecular weight excluding hydrogens is 274 g/mol. The molecule has 4 heteroatoms. The fourth-order valence-corrected chi connectivity index (χ4v) is 2.45. The van der Waals surface area contributed by atoms with E-state index in [-0.39, 0.29) is 6.61 Å². The molecule has 0 bridgehead atoms. The molecule has 0 amide bonds. The van der Waals surface area contributed by atoms with Gasteiger partial charge in [0.15, 0.2) is 0 Å². The Labute approximate surface area is 132 Å². The van der Waals surface area contributed by atoms with E-state index in [1.54, 1.807) is 12.4 Å². The topological polar surface area (TPSA) is 61.8 Å². The van der Waals surface area contributed by atoms with Crippen molar-refractivity contribution in [2.75, 3.05) is 33.3 Å². The van der Waals surface area contributed by atoms with E-state index in [0.29, 0.717) is 13.0 Å². The SMILES string of the molecule is CN1CC=C(c2ccc(/C(C=NCCCO)=C/N)cc2)CC1. The normalized spacial score (nSPS) is 17.0. The molecule has 1 aromatic carbocycles. The number of allylic oxidation sites excluding steroid dienone is 1. The van der Waals surface area contributed by atoms with Crippen LogP contribution in [0.4, 0.5) is 0 Å². The summed E-state index contributed by atoms with van der Waals surface area (Å²) in [6.07, 6.45) is 7.42. The number of nitrogens with zero attached hydrogens (tertiary/aromatic N) is 2. The van der Waals surface area contributed by atoms with E-state index in [0.717, 1.165) is 30.6 Å². The molecule has 118 valence electrons. The number of benzene rings is 1. The summed E-state index contributed by atoms with van der Waals surface area (Å²) in [6, 6.07) is 8.48. The molecule has 4 nitrogen and oxygen atoms in total. The first kappa shape index (κ1) is 16.5. The first-order valence-electron chi connectivity index (χ1n) is 7.75. The fourth-order valence-electron chi connectivity index (χ4n) is 2.45. The van der Waals surface area contributed by atoms with Gasteiger partial charge in [0.1, 0.15) is 0 Å². The van der Waals surface area contributed by atoms with Crippen molar-refractivity contribution in [3.8, 4) is 0 Å². The summed E-state index contributed by atoms with van der Waals surface area (Å²) in [5.74, 6) is 0. The van der Waals surface area contributed by atoms with Crippen molar-refractivity contribution in [3.05, 3.63) is 47.7 Å². The summed E-state index contributed by atoms with van der Waals surface area (Å²) in [5, 5.41) is 8.75. The highest BCUT2D eigenvalue weighted by atomic mass is 16.3. The van der Waals surface area contributed by atoms with Gasteiger partial charge in [-0.1, -0.05) is 30.3 Å². The average molecular weight is 299 g/mol. The van der Waals surface area contributed by atoms with Gasteiger partial charge < -0.3 is 15.7 Å². The third-order valence-corrected chi connectivity index (χ3v) is 3.86. The van der Waals surface area contributed by atoms with Crippen LogP contribution in [0.2, 0.25) is 0 Å². The van der Waals surface area contributed by atoms with Gasteiger partial charge in [-0.15, -0.1) is 0 Å². The van der Waals surface area contributed by atoms with Gasteiger partial charge in [-0.3, -0.25) is 4.99 Å². The summed E-state index contributed by atoms with van der Waals surface area (Å²) in [7, 11) is 2.14. The summed E-state index contributed by atoms with van der Waals surface area (Å²) in [4.78, 5) is 6.59. The minimum absolute atomic E-state index is 0.165. The molecule has 0 atom stereocenters. The van der Waals surface area contributed by atoms with Crippen molar-refractivity contribution in [3.63, 3.8) is 0 Å². The Bertz CT molecular complexity index is 558. The number of nitrogens with two attached hydrogens (primary N) is 1. The van der Waals surface area contributed by atoms with Crippen LogP contribution in [0.25, 0.3) is 11.1 Å². The number of aliphatic imine (C=N–C) groups is 1. The van der Waals surface area contributed by atoms with E-state index < -0.39 is 0 Å². The van der Waals surface area contributed by atoms with Crippen LogP contribution in [0.15, 0.2) is 41.5 Å². The summed E-state index contributed by atoms with van der Waals surface area (Å²) in [6.45, 7) is 2.91. The van der Waals surface area contributed by atoms with Gasteiger partial charge in [0.25, 0.3) is 0 Å². The summed E-state index contributed by atoms with van der Waals surface area (Å²) >= 11 is 0. The second kappa shape index (κ2) is 8.51. The second-order valence-corrected chi connectivity index (χ2v) is 5.55. The Balaban J connectivity index is 2.06. The third kappa shape index (κ3) is 4.55. The molecule has 0 saturated carbocycles. The van der Waals surface area contributed by atoms with Gasteiger partial charge in [0.2, 0.25) is 0 Å². The lowest BCUT2D eigenvalue weighted by atomic mass is 9.97. The third-order valence-electron chi connectivity index (χ3n) is 3.86. The Morgan fingerprint density at radius 3 is 2.73 bits per heavy atom. The molecule has 1 aliphatic rings. The van der Waals surface area contributed by atoms with Crippen LogP contribution in [-0.4, -0.2) is 49.5 Å². The molecule has 0 unspecified atom stereocenters. The van der Waals surface area contributed by atoms with E-state index in [1.165, 1.54) is 11.1 Å². The van der Waals surface area contributed by atoms with E-state index in [4.69, 9.17) is 10.8 Å². The van der Waals surface area contributed by atoms with E-state index >= 15 is 0 Å². The minimum Gasteiger partial charge on any atom is -0.404 e. The molecule has 0 radical (unpaired) electrons. The van der Waals surface area contributed by atoms with Crippen molar-refractivity contribution in [2.24, 2.45) is 10.7 Å². The van der Waals surface area contributed by atoms with Crippen LogP contribution in [0.3, 0.4) is 0 Å². The number of rotatable bonds is 6. The minimum atomic E-state index is 0.165. The van der Waals surface area contributed by atoms with Gasteiger partial charge in [-0.05, 0) is 36.6 Å². The van der Waals surface area contributed by atoms with Crippen molar-refractivity contribution in [1.29, 1.82) is 0 Å². The number of hydrogen-bond donors (Lipinski definition) is 2. The van der Waals surface area contributed by atoms with Crippen molar-refractivity contribution in [1.82, 2.24) is 4.90 Å². The smallest absolute Gasteiger partial charge is 0.0448 e. The maximum absolute atomic E-state index is 8.75. The van der Waals surface area contributed by atoms with Crippen LogP contribution < -0.4 is 5.73 Å². The van der Waals surface area contributed by atoms with E-state index in [9.17, 15) is 0 Å². The first-order valence-corrected chi connectivity index (χ1v) is 7.75. The molecule has 0 saturated heterocycles. The zero-order valence-electron chi connectivity index (χ0n) is 13.2. The molecule has 3 N–H and O–H groups in total. The monoisotopic (exact) mass is 299 g/mol. The molecule has 1 heterocycles. The number of aliphatic hydroxyl groups is 1. The zero-order chi connectivity index (χ0) is 15.8. The Hall–Kier alpha value is -1.91. The van der Waals surface area contributed by atoms with E-state index in [1.807, 2.05) is 0 Å². The maximum atomic E-state index is 8.75. The summed E-state index contributed by atoms with van der Waals surface area (Å²) < 4.78 is 0. The Morgan fingerprint density at radius 1 is 1.36 bits per heavy atom. The molecule has 0 fully saturated rings. The quantitative estimate of drug-likeness (QED) is 0.625. The van der Waals surface area contributed by atoms with Crippen LogP contribution >= 0.6 is 0 Å². The van der Waals surface area contributed by atoms with Crippen LogP contribution in [0.5, 0.6) is 0 Å². The van der Waals surface area contributed by atoms with Crippen LogP contribution in [0.1, 0.15) is 24.0 Å². The van der Waals surface area contributed by atoms with Gasteiger partial charge >= 0.3 is 0 Å². The lowest BCUT2D eigenvalue weighted by Crippen LogP contribution is -2.23. The van der Waals surface area contributed by atoms with Gasteiger partial charge in [0, 0.05) is 44.2 Å². The van der Waals surface area contributed by atoms with Crippen molar-refractivity contribution >= 4 is 17.4 Å². The number of aliphatic hydroxyl groups excluding tert-OH is 1. The van der Waals surface area contributed by atoms with Gasteiger partial charge in [0.05, 0.1) is 0 Å². The van der Waals surface area contributed by atoms with Crippen LogP contribution in [0, 0.1) is 0 Å². The Kier molecular flexibility index (Phi) is 6.37. The maximum Gasteiger partial charge on any atom is 0.0448 e. The fraction of sp³-hybridized carbons (Fsp3) is 0.389. The molecule has 0 aromatic heterocycles. The van der Waals surface area contributed by atoms with Gasteiger partial charge in [-0.25, -0.2) is 0 Å². The molecule has 22 heavy (non-hydrogen) atoms. The zero-order valence-corrected chi connectivity index (χ0v) is 13.2. The summed E-state index contributed by atoms with van der Waals surface area (Å²) in [5.41, 5.74) is 10.4. The highest BCUT2D eigenvalue weighted by molar-refractivity contribution is 6.09. The predicted octanol–water partition coefficient (Wildman–Crippen LogP) is 2.16. The van der Waals surface area contributed by atoms with Crippen molar-refractivity contribution in [2.45, 2.75) is 12.8 Å². The highest BCUT2D eigenvalue weighted by Crippen LogP contribution is 2.23. The lowest BCUT2D eigenvalue weighted by molar-refractivity contribution is 0.291. The van der Waals surface area contributed by atoms with Crippen LogP contribution in [-0.2, 0) is 0 Å². The average Bonchev–Trinajstić information content (AvgIpc) is 2.56.